The molecule has 0 fully saturated rings. The van der Waals surface area contributed by atoms with Crippen LogP contribution in [0.5, 0.6) is 23.0 Å². The number of hydrogen-bond acceptors (Lipinski definition) is 8. The van der Waals surface area contributed by atoms with E-state index in [1.54, 1.807) is 55.6 Å². The fourth-order valence-corrected chi connectivity index (χ4v) is 2.80. The van der Waals surface area contributed by atoms with E-state index >= 15 is 0 Å². The van der Waals surface area contributed by atoms with E-state index in [2.05, 4.69) is 6.58 Å². The molecule has 0 unspecified atom stereocenters. The summed E-state index contributed by atoms with van der Waals surface area (Å²) in [7, 11) is 1.54. The van der Waals surface area contributed by atoms with Crippen molar-refractivity contribution in [1.29, 1.82) is 0 Å². The first-order valence-electron chi connectivity index (χ1n) is 10.7. The van der Waals surface area contributed by atoms with Crippen LogP contribution in [0.3, 0.4) is 0 Å². The molecular formula is C27H24O8. The zero-order valence-electron chi connectivity index (χ0n) is 19.1. The van der Waals surface area contributed by atoms with Gasteiger partial charge in [-0.15, -0.1) is 0 Å². The normalized spacial score (nSPS) is 10.1. The highest BCUT2D eigenvalue weighted by atomic mass is 16.5. The minimum atomic E-state index is -0.545. The van der Waals surface area contributed by atoms with Crippen LogP contribution >= 0.6 is 0 Å². The van der Waals surface area contributed by atoms with Crippen molar-refractivity contribution in [2.24, 2.45) is 0 Å². The minimum absolute atomic E-state index is 0.231. The highest BCUT2D eigenvalue weighted by Crippen LogP contribution is 2.21. The Morgan fingerprint density at radius 2 is 1.14 bits per heavy atom. The van der Waals surface area contributed by atoms with Gasteiger partial charge in [-0.1, -0.05) is 6.58 Å². The maximum Gasteiger partial charge on any atom is 0.343 e. The first-order chi connectivity index (χ1) is 17.0. The lowest BCUT2D eigenvalue weighted by atomic mass is 10.2. The molecule has 0 bridgehead atoms. The number of ether oxygens (including phenoxy) is 5. The molecule has 0 aliphatic carbocycles. The molecule has 0 radical (unpaired) electrons. The van der Waals surface area contributed by atoms with Gasteiger partial charge in [-0.25, -0.2) is 14.4 Å². The molecule has 0 atom stereocenters. The van der Waals surface area contributed by atoms with Gasteiger partial charge in [0.25, 0.3) is 0 Å². The molecular weight excluding hydrogens is 452 g/mol. The van der Waals surface area contributed by atoms with Gasteiger partial charge in [0.05, 0.1) is 31.5 Å². The lowest BCUT2D eigenvalue weighted by molar-refractivity contribution is -0.137. The van der Waals surface area contributed by atoms with Crippen molar-refractivity contribution in [3.63, 3.8) is 0 Å². The van der Waals surface area contributed by atoms with Gasteiger partial charge in [0.15, 0.2) is 0 Å². The molecule has 0 heterocycles. The second-order valence-corrected chi connectivity index (χ2v) is 7.08. The highest BCUT2D eigenvalue weighted by Gasteiger charge is 2.11. The Kier molecular flexibility index (Phi) is 9.01. The summed E-state index contributed by atoms with van der Waals surface area (Å²) < 4.78 is 26.2. The molecule has 8 nitrogen and oxygen atoms in total. The summed E-state index contributed by atoms with van der Waals surface area (Å²) in [6.07, 6.45) is 1.63. The van der Waals surface area contributed by atoms with Gasteiger partial charge in [0.2, 0.25) is 0 Å². The predicted octanol–water partition coefficient (Wildman–Crippen LogP) is 4.63. The van der Waals surface area contributed by atoms with Crippen molar-refractivity contribution in [2.45, 2.75) is 6.42 Å². The Labute approximate surface area is 202 Å². The van der Waals surface area contributed by atoms with Crippen molar-refractivity contribution in [3.05, 3.63) is 96.6 Å². The van der Waals surface area contributed by atoms with E-state index in [0.29, 0.717) is 47.2 Å². The first-order valence-corrected chi connectivity index (χ1v) is 10.7. The van der Waals surface area contributed by atoms with E-state index in [9.17, 15) is 14.4 Å². The lowest BCUT2D eigenvalue weighted by Gasteiger charge is -2.09. The molecule has 0 N–H and O–H groups in total. The second-order valence-electron chi connectivity index (χ2n) is 7.08. The Morgan fingerprint density at radius 3 is 1.60 bits per heavy atom. The van der Waals surface area contributed by atoms with Gasteiger partial charge in [-0.05, 0) is 72.8 Å². The molecule has 0 amide bonds. The van der Waals surface area contributed by atoms with Crippen molar-refractivity contribution in [1.82, 2.24) is 0 Å². The van der Waals surface area contributed by atoms with Gasteiger partial charge >= 0.3 is 17.9 Å². The van der Waals surface area contributed by atoms with Gasteiger partial charge in [0.1, 0.15) is 23.0 Å². The molecule has 0 aliphatic rings. The molecule has 0 aliphatic heterocycles. The fraction of sp³-hybridized carbons (Fsp3) is 0.148. The van der Waals surface area contributed by atoms with Crippen LogP contribution < -0.4 is 18.9 Å². The van der Waals surface area contributed by atoms with Crippen LogP contribution in [-0.4, -0.2) is 38.2 Å². The molecule has 3 aromatic rings. The van der Waals surface area contributed by atoms with Gasteiger partial charge in [-0.2, -0.15) is 0 Å². The monoisotopic (exact) mass is 476 g/mol. The van der Waals surface area contributed by atoms with E-state index in [1.165, 1.54) is 24.3 Å². The third-order valence-electron chi connectivity index (χ3n) is 4.63. The van der Waals surface area contributed by atoms with Crippen LogP contribution in [0.4, 0.5) is 0 Å². The second kappa shape index (κ2) is 12.6. The summed E-state index contributed by atoms with van der Waals surface area (Å²) in [5.41, 5.74) is 0.720. The van der Waals surface area contributed by atoms with Crippen LogP contribution in [0.2, 0.25) is 0 Å². The van der Waals surface area contributed by atoms with Crippen molar-refractivity contribution >= 4 is 17.9 Å². The topological polar surface area (TPSA) is 97.4 Å². The zero-order chi connectivity index (χ0) is 25.0. The summed E-state index contributed by atoms with van der Waals surface area (Å²) in [5, 5.41) is 0. The Hall–Kier alpha value is -4.59. The number of hydrogen-bond donors (Lipinski definition) is 0. The molecule has 180 valence electrons. The molecule has 0 spiro atoms. The number of carbonyl (C=O) groups is 3. The van der Waals surface area contributed by atoms with Crippen molar-refractivity contribution in [2.75, 3.05) is 20.3 Å². The first kappa shape index (κ1) is 25.0. The number of benzene rings is 3. The molecule has 0 saturated carbocycles. The summed E-state index contributed by atoms with van der Waals surface area (Å²) in [6.45, 7) is 3.90. The number of carbonyl (C=O) groups excluding carboxylic acids is 3. The predicted molar refractivity (Wildman–Crippen MR) is 127 cm³/mol. The number of methoxy groups -OCH3 is 1. The number of esters is 3. The lowest BCUT2D eigenvalue weighted by Crippen LogP contribution is -2.10. The molecule has 8 heteroatoms. The average Bonchev–Trinajstić information content (AvgIpc) is 2.89. The summed E-state index contributed by atoms with van der Waals surface area (Å²) >= 11 is 0. The molecule has 35 heavy (non-hydrogen) atoms. The minimum Gasteiger partial charge on any atom is -0.497 e. The van der Waals surface area contributed by atoms with Crippen LogP contribution in [0.15, 0.2) is 85.5 Å². The largest absolute Gasteiger partial charge is 0.497 e. The third-order valence-corrected chi connectivity index (χ3v) is 4.63. The van der Waals surface area contributed by atoms with Crippen LogP contribution in [-0.2, 0) is 9.53 Å². The van der Waals surface area contributed by atoms with Crippen molar-refractivity contribution in [3.8, 4) is 23.0 Å². The zero-order valence-corrected chi connectivity index (χ0v) is 19.1. The highest BCUT2D eigenvalue weighted by molar-refractivity contribution is 5.92. The smallest absolute Gasteiger partial charge is 0.343 e. The number of rotatable bonds is 11. The van der Waals surface area contributed by atoms with Gasteiger partial charge < -0.3 is 23.7 Å². The van der Waals surface area contributed by atoms with Crippen LogP contribution in [0, 0.1) is 0 Å². The average molecular weight is 476 g/mol. The molecule has 3 aromatic carbocycles. The fourth-order valence-electron chi connectivity index (χ4n) is 2.80. The van der Waals surface area contributed by atoms with Crippen LogP contribution in [0.25, 0.3) is 0 Å². The van der Waals surface area contributed by atoms with Crippen LogP contribution in [0.1, 0.15) is 27.1 Å². The quantitative estimate of drug-likeness (QED) is 0.171. The van der Waals surface area contributed by atoms with Crippen molar-refractivity contribution < 1.29 is 38.1 Å². The summed E-state index contributed by atoms with van der Waals surface area (Å²) in [6, 6.07) is 19.1. The Bertz CT molecular complexity index is 1150. The van der Waals surface area contributed by atoms with E-state index in [-0.39, 0.29) is 6.61 Å². The third kappa shape index (κ3) is 7.75. The molecule has 3 rings (SSSR count). The Balaban J connectivity index is 1.46. The van der Waals surface area contributed by atoms with E-state index < -0.39 is 17.9 Å². The summed E-state index contributed by atoms with van der Waals surface area (Å²) in [5.74, 6) is 0.281. The Morgan fingerprint density at radius 1 is 0.686 bits per heavy atom. The van der Waals surface area contributed by atoms with E-state index in [0.717, 1.165) is 6.08 Å². The van der Waals surface area contributed by atoms with Gasteiger partial charge in [-0.3, -0.25) is 0 Å². The SMILES string of the molecule is C=CC(=O)OCCCOc1ccc(C(=O)Oc2ccc(OC(=O)c3ccc(OC)cc3)cc2)cc1. The standard InChI is InChI=1S/C27H24O8/c1-3-25(28)33-18-4-17-32-22-11-7-20(8-12-22)27(30)35-24-15-13-23(14-16-24)34-26(29)19-5-9-21(31-2)10-6-19/h3,5-16H,1,4,17-18H2,2H3. The molecule has 0 aromatic heterocycles. The van der Waals surface area contributed by atoms with E-state index in [4.69, 9.17) is 23.7 Å². The van der Waals surface area contributed by atoms with E-state index in [1.807, 2.05) is 0 Å². The summed E-state index contributed by atoms with van der Waals surface area (Å²) in [4.78, 5) is 35.6. The van der Waals surface area contributed by atoms with Gasteiger partial charge in [0, 0.05) is 12.5 Å². The maximum atomic E-state index is 12.4. The maximum absolute atomic E-state index is 12.4. The molecule has 0 saturated heterocycles.